The van der Waals surface area contributed by atoms with Crippen molar-refractivity contribution in [3.05, 3.63) is 30.1 Å². The maximum absolute atomic E-state index is 9.25. The van der Waals surface area contributed by atoms with Crippen LogP contribution in [0.5, 0.6) is 0 Å². The van der Waals surface area contributed by atoms with Crippen LogP contribution in [0.15, 0.2) is 24.5 Å². The van der Waals surface area contributed by atoms with E-state index in [-0.39, 0.29) is 5.41 Å². The highest BCUT2D eigenvalue weighted by Crippen LogP contribution is 2.45. The van der Waals surface area contributed by atoms with Gasteiger partial charge in [-0.25, -0.2) is 0 Å². The summed E-state index contributed by atoms with van der Waals surface area (Å²) in [7, 11) is 2.13. The summed E-state index contributed by atoms with van der Waals surface area (Å²) in [5.41, 5.74) is 1.51. The van der Waals surface area contributed by atoms with Crippen LogP contribution in [0.4, 0.5) is 0 Å². The number of rotatable bonds is 6. The first-order valence-electron chi connectivity index (χ1n) is 5.92. The van der Waals surface area contributed by atoms with Crippen molar-refractivity contribution < 1.29 is 5.11 Å². The summed E-state index contributed by atoms with van der Waals surface area (Å²) < 4.78 is 0. The Labute approximate surface area is 97.1 Å². The van der Waals surface area contributed by atoms with Crippen molar-refractivity contribution in [3.63, 3.8) is 0 Å². The molecule has 1 aliphatic rings. The minimum absolute atomic E-state index is 0.226. The third-order valence-electron chi connectivity index (χ3n) is 3.40. The first-order valence-corrected chi connectivity index (χ1v) is 5.92. The fourth-order valence-electron chi connectivity index (χ4n) is 2.06. The third-order valence-corrected chi connectivity index (χ3v) is 3.40. The quantitative estimate of drug-likeness (QED) is 0.785. The second-order valence-corrected chi connectivity index (χ2v) is 5.01. The van der Waals surface area contributed by atoms with Gasteiger partial charge in [-0.1, -0.05) is 6.07 Å². The average Bonchev–Trinajstić information content (AvgIpc) is 3.08. The Bertz CT molecular complexity index is 322. The van der Waals surface area contributed by atoms with E-state index in [1.165, 1.54) is 18.4 Å². The molecule has 1 heterocycles. The zero-order valence-electron chi connectivity index (χ0n) is 9.89. The van der Waals surface area contributed by atoms with Crippen LogP contribution in [-0.4, -0.2) is 41.7 Å². The molecule has 16 heavy (non-hydrogen) atoms. The first-order chi connectivity index (χ1) is 7.74. The maximum atomic E-state index is 9.25. The maximum Gasteiger partial charge on any atom is 0.0499 e. The lowest BCUT2D eigenvalue weighted by molar-refractivity contribution is 0.165. The van der Waals surface area contributed by atoms with Crippen LogP contribution < -0.4 is 0 Å². The highest BCUT2D eigenvalue weighted by atomic mass is 16.3. The second kappa shape index (κ2) is 4.93. The largest absolute Gasteiger partial charge is 0.396 e. The van der Waals surface area contributed by atoms with Crippen LogP contribution in [0.3, 0.4) is 0 Å². The second-order valence-electron chi connectivity index (χ2n) is 5.01. The Morgan fingerprint density at radius 1 is 1.50 bits per heavy atom. The van der Waals surface area contributed by atoms with Crippen molar-refractivity contribution in [2.45, 2.75) is 19.3 Å². The molecule has 1 saturated carbocycles. The molecule has 2 rings (SSSR count). The van der Waals surface area contributed by atoms with Crippen molar-refractivity contribution in [2.75, 3.05) is 26.7 Å². The Kier molecular flexibility index (Phi) is 3.56. The lowest BCUT2D eigenvalue weighted by atomic mass is 10.1. The van der Waals surface area contributed by atoms with Gasteiger partial charge in [0.05, 0.1) is 0 Å². The van der Waals surface area contributed by atoms with Gasteiger partial charge in [0.25, 0.3) is 0 Å². The topological polar surface area (TPSA) is 36.4 Å². The van der Waals surface area contributed by atoms with Crippen LogP contribution in [0, 0.1) is 5.41 Å². The summed E-state index contributed by atoms with van der Waals surface area (Å²) in [4.78, 5) is 6.42. The Morgan fingerprint density at radius 3 is 2.88 bits per heavy atom. The third kappa shape index (κ3) is 3.03. The number of likely N-dealkylation sites (N-methyl/N-ethyl adjacent to an activating group) is 1. The monoisotopic (exact) mass is 220 g/mol. The molecule has 0 aromatic carbocycles. The zero-order chi connectivity index (χ0) is 11.4. The number of aliphatic hydroxyl groups is 1. The highest BCUT2D eigenvalue weighted by molar-refractivity contribution is 5.08. The number of nitrogens with zero attached hydrogens (tertiary/aromatic N) is 2. The van der Waals surface area contributed by atoms with E-state index in [4.69, 9.17) is 0 Å². The number of aliphatic hydroxyl groups excluding tert-OH is 1. The van der Waals surface area contributed by atoms with E-state index in [0.717, 1.165) is 19.5 Å². The zero-order valence-corrected chi connectivity index (χ0v) is 9.89. The van der Waals surface area contributed by atoms with Crippen LogP contribution in [0.2, 0.25) is 0 Å². The molecule has 3 heteroatoms. The van der Waals surface area contributed by atoms with Gasteiger partial charge in [-0.15, -0.1) is 0 Å². The van der Waals surface area contributed by atoms with Crippen molar-refractivity contribution in [1.29, 1.82) is 0 Å². The average molecular weight is 220 g/mol. The molecule has 0 saturated heterocycles. The number of hydrogen-bond donors (Lipinski definition) is 1. The van der Waals surface area contributed by atoms with Gasteiger partial charge in [0, 0.05) is 37.5 Å². The van der Waals surface area contributed by atoms with E-state index >= 15 is 0 Å². The van der Waals surface area contributed by atoms with Crippen LogP contribution >= 0.6 is 0 Å². The minimum Gasteiger partial charge on any atom is -0.396 e. The smallest absolute Gasteiger partial charge is 0.0499 e. The van der Waals surface area contributed by atoms with E-state index in [1.807, 2.05) is 12.3 Å². The van der Waals surface area contributed by atoms with Gasteiger partial charge in [-0.2, -0.15) is 0 Å². The van der Waals surface area contributed by atoms with E-state index < -0.39 is 0 Å². The molecular weight excluding hydrogens is 200 g/mol. The summed E-state index contributed by atoms with van der Waals surface area (Å²) in [6, 6.07) is 4.09. The van der Waals surface area contributed by atoms with Gasteiger partial charge in [0.2, 0.25) is 0 Å². The molecule has 0 spiro atoms. The van der Waals surface area contributed by atoms with Crippen molar-refractivity contribution in [3.8, 4) is 0 Å². The summed E-state index contributed by atoms with van der Waals surface area (Å²) in [6.45, 7) is 2.39. The summed E-state index contributed by atoms with van der Waals surface area (Å²) in [5.74, 6) is 0. The van der Waals surface area contributed by atoms with Gasteiger partial charge in [0.1, 0.15) is 0 Å². The number of pyridine rings is 1. The van der Waals surface area contributed by atoms with Gasteiger partial charge in [-0.05, 0) is 37.9 Å². The van der Waals surface area contributed by atoms with E-state index in [0.29, 0.717) is 6.61 Å². The summed E-state index contributed by atoms with van der Waals surface area (Å²) >= 11 is 0. The van der Waals surface area contributed by atoms with Crippen LogP contribution in [0.1, 0.15) is 18.4 Å². The molecule has 1 aromatic rings. The number of hydrogen-bond acceptors (Lipinski definition) is 3. The predicted octanol–water partition coefficient (Wildman–Crippen LogP) is 1.33. The summed E-state index contributed by atoms with van der Waals surface area (Å²) in [6.07, 6.45) is 7.12. The van der Waals surface area contributed by atoms with Crippen LogP contribution in [-0.2, 0) is 6.42 Å². The fraction of sp³-hybridized carbons (Fsp3) is 0.615. The first kappa shape index (κ1) is 11.6. The van der Waals surface area contributed by atoms with Crippen molar-refractivity contribution >= 4 is 0 Å². The van der Waals surface area contributed by atoms with Crippen molar-refractivity contribution in [1.82, 2.24) is 9.88 Å². The molecule has 0 atom stereocenters. The predicted molar refractivity (Wildman–Crippen MR) is 64.2 cm³/mol. The van der Waals surface area contributed by atoms with E-state index in [2.05, 4.69) is 23.0 Å². The summed E-state index contributed by atoms with van der Waals surface area (Å²) in [5, 5.41) is 9.25. The van der Waals surface area contributed by atoms with Gasteiger partial charge in [-0.3, -0.25) is 4.98 Å². The highest BCUT2D eigenvalue weighted by Gasteiger charge is 2.42. The molecule has 88 valence electrons. The molecule has 1 aromatic heterocycles. The van der Waals surface area contributed by atoms with Crippen molar-refractivity contribution in [2.24, 2.45) is 5.41 Å². The molecule has 0 radical (unpaired) electrons. The lowest BCUT2D eigenvalue weighted by Gasteiger charge is -2.21. The number of aromatic nitrogens is 1. The SMILES string of the molecule is CN(CCc1cccnc1)CC1(CO)CC1. The molecule has 0 amide bonds. The Balaban J connectivity index is 1.74. The molecule has 0 aliphatic heterocycles. The van der Waals surface area contributed by atoms with Gasteiger partial charge in [0.15, 0.2) is 0 Å². The molecular formula is C13H20N2O. The molecule has 1 N–H and O–H groups in total. The normalized spacial score (nSPS) is 17.7. The molecule has 0 unspecified atom stereocenters. The molecule has 1 fully saturated rings. The molecule has 0 bridgehead atoms. The Morgan fingerprint density at radius 2 is 2.31 bits per heavy atom. The fourth-order valence-corrected chi connectivity index (χ4v) is 2.06. The van der Waals surface area contributed by atoms with E-state index in [1.54, 1.807) is 6.20 Å². The minimum atomic E-state index is 0.226. The van der Waals surface area contributed by atoms with Gasteiger partial charge >= 0.3 is 0 Å². The van der Waals surface area contributed by atoms with Crippen LogP contribution in [0.25, 0.3) is 0 Å². The molecule has 1 aliphatic carbocycles. The van der Waals surface area contributed by atoms with E-state index in [9.17, 15) is 5.11 Å². The standard InChI is InChI=1S/C13H20N2O/c1-15(10-13(11-16)5-6-13)8-4-12-3-2-7-14-9-12/h2-3,7,9,16H,4-6,8,10-11H2,1H3. The van der Waals surface area contributed by atoms with Gasteiger partial charge < -0.3 is 10.0 Å². The molecule has 3 nitrogen and oxygen atoms in total. The Hall–Kier alpha value is -0.930. The lowest BCUT2D eigenvalue weighted by Crippen LogP contribution is -2.30.